The number of hydrogen-bond acceptors (Lipinski definition) is 2. The average molecular weight is 226 g/mol. The van der Waals surface area contributed by atoms with Crippen LogP contribution >= 0.6 is 0 Å². The third-order valence-corrected chi connectivity index (χ3v) is 3.06. The van der Waals surface area contributed by atoms with Crippen molar-refractivity contribution in [1.29, 1.82) is 0 Å². The molecule has 0 heterocycles. The minimum Gasteiger partial charge on any atom is -0.299 e. The van der Waals surface area contributed by atoms with Crippen LogP contribution in [0.2, 0.25) is 0 Å². The second-order valence-electron chi connectivity index (χ2n) is 6.07. The van der Waals surface area contributed by atoms with E-state index >= 15 is 0 Å². The first kappa shape index (κ1) is 15.3. The van der Waals surface area contributed by atoms with E-state index in [9.17, 15) is 9.59 Å². The van der Waals surface area contributed by atoms with Gasteiger partial charge in [0, 0.05) is 23.2 Å². The summed E-state index contributed by atoms with van der Waals surface area (Å²) >= 11 is 0. The molecule has 0 aliphatic carbocycles. The Morgan fingerprint density at radius 2 is 1.38 bits per heavy atom. The second kappa shape index (κ2) is 5.60. The van der Waals surface area contributed by atoms with Gasteiger partial charge in [0.15, 0.2) is 0 Å². The largest absolute Gasteiger partial charge is 0.299 e. The quantitative estimate of drug-likeness (QED) is 0.694. The number of carbonyl (C=O) groups is 2. The van der Waals surface area contributed by atoms with Crippen LogP contribution in [0.15, 0.2) is 0 Å². The van der Waals surface area contributed by atoms with Gasteiger partial charge in [0.05, 0.1) is 0 Å². The summed E-state index contributed by atoms with van der Waals surface area (Å²) in [4.78, 5) is 23.8. The maximum Gasteiger partial charge on any atom is 0.141 e. The lowest BCUT2D eigenvalue weighted by molar-refractivity contribution is -0.133. The van der Waals surface area contributed by atoms with Crippen molar-refractivity contribution in [2.24, 2.45) is 23.2 Å². The molecule has 0 aromatic heterocycles. The van der Waals surface area contributed by atoms with E-state index in [0.717, 1.165) is 0 Å². The number of ketones is 2. The fraction of sp³-hybridized carbons (Fsp3) is 0.857. The van der Waals surface area contributed by atoms with E-state index < -0.39 is 5.41 Å². The third kappa shape index (κ3) is 4.07. The molecule has 0 fully saturated rings. The average Bonchev–Trinajstić information content (AvgIpc) is 2.14. The first-order chi connectivity index (χ1) is 7.09. The summed E-state index contributed by atoms with van der Waals surface area (Å²) in [6.07, 6.45) is 0.654. The monoisotopic (exact) mass is 226 g/mol. The van der Waals surface area contributed by atoms with Crippen molar-refractivity contribution in [3.63, 3.8) is 0 Å². The molecular weight excluding hydrogens is 200 g/mol. The maximum atomic E-state index is 12.0. The molecule has 0 amide bonds. The molecule has 0 radical (unpaired) electrons. The summed E-state index contributed by atoms with van der Waals surface area (Å²) < 4.78 is 0. The number of hydrogen-bond donors (Lipinski definition) is 0. The summed E-state index contributed by atoms with van der Waals surface area (Å²) in [7, 11) is 0. The predicted molar refractivity (Wildman–Crippen MR) is 67.3 cm³/mol. The Morgan fingerprint density at radius 3 is 1.69 bits per heavy atom. The summed E-state index contributed by atoms with van der Waals surface area (Å²) in [5.74, 6) is 0.564. The smallest absolute Gasteiger partial charge is 0.141 e. The van der Waals surface area contributed by atoms with Crippen LogP contribution in [0.3, 0.4) is 0 Å². The molecule has 2 nitrogen and oxygen atoms in total. The normalized spacial score (nSPS) is 14.3. The first-order valence-electron chi connectivity index (χ1n) is 6.17. The van der Waals surface area contributed by atoms with Crippen LogP contribution in [0.5, 0.6) is 0 Å². The van der Waals surface area contributed by atoms with Crippen molar-refractivity contribution >= 4 is 11.6 Å². The molecule has 0 N–H and O–H groups in total. The van der Waals surface area contributed by atoms with E-state index in [2.05, 4.69) is 0 Å². The molecule has 0 spiro atoms. The van der Waals surface area contributed by atoms with Crippen molar-refractivity contribution in [2.75, 3.05) is 0 Å². The van der Waals surface area contributed by atoms with Gasteiger partial charge in [-0.3, -0.25) is 9.59 Å². The Bertz CT molecular complexity index is 262. The highest BCUT2D eigenvalue weighted by Gasteiger charge is 2.33. The lowest BCUT2D eigenvalue weighted by Crippen LogP contribution is -2.33. The van der Waals surface area contributed by atoms with E-state index in [-0.39, 0.29) is 29.3 Å². The van der Waals surface area contributed by atoms with Gasteiger partial charge in [0.1, 0.15) is 11.6 Å². The highest BCUT2D eigenvalue weighted by atomic mass is 16.1. The van der Waals surface area contributed by atoms with Crippen LogP contribution in [0, 0.1) is 23.2 Å². The summed E-state index contributed by atoms with van der Waals surface area (Å²) in [6.45, 7) is 13.5. The standard InChI is InChI=1S/C14H26O2/c1-9(2)12(15)11(5)8-14(6,7)13(16)10(3)4/h9-11H,8H2,1-7H3. The van der Waals surface area contributed by atoms with Gasteiger partial charge >= 0.3 is 0 Å². The molecule has 0 rings (SSSR count). The predicted octanol–water partition coefficient (Wildman–Crippen LogP) is 3.49. The van der Waals surface area contributed by atoms with Crippen LogP contribution in [0.25, 0.3) is 0 Å². The van der Waals surface area contributed by atoms with Crippen molar-refractivity contribution in [3.05, 3.63) is 0 Å². The topological polar surface area (TPSA) is 34.1 Å². The van der Waals surface area contributed by atoms with Gasteiger partial charge in [0.2, 0.25) is 0 Å². The van der Waals surface area contributed by atoms with E-state index in [1.165, 1.54) is 0 Å². The molecule has 0 aliphatic rings. The Balaban J connectivity index is 4.59. The molecule has 1 unspecified atom stereocenters. The third-order valence-electron chi connectivity index (χ3n) is 3.06. The number of carbonyl (C=O) groups excluding carboxylic acids is 2. The minimum atomic E-state index is -0.391. The van der Waals surface area contributed by atoms with Gasteiger partial charge in [-0.2, -0.15) is 0 Å². The van der Waals surface area contributed by atoms with Crippen LogP contribution in [0.1, 0.15) is 54.9 Å². The van der Waals surface area contributed by atoms with Gasteiger partial charge in [-0.05, 0) is 6.42 Å². The molecular formula is C14H26O2. The molecule has 16 heavy (non-hydrogen) atoms. The summed E-state index contributed by atoms with van der Waals surface area (Å²) in [5, 5.41) is 0. The van der Waals surface area contributed by atoms with Gasteiger partial charge in [0.25, 0.3) is 0 Å². The summed E-state index contributed by atoms with van der Waals surface area (Å²) in [6, 6.07) is 0. The van der Waals surface area contributed by atoms with Crippen LogP contribution in [-0.2, 0) is 9.59 Å². The van der Waals surface area contributed by atoms with Crippen molar-refractivity contribution < 1.29 is 9.59 Å². The van der Waals surface area contributed by atoms with Gasteiger partial charge in [-0.1, -0.05) is 48.5 Å². The molecule has 0 aromatic rings. The highest BCUT2D eigenvalue weighted by molar-refractivity contribution is 5.87. The number of Topliss-reactive ketones (excluding diaryl/α,β-unsaturated/α-hetero) is 2. The fourth-order valence-corrected chi connectivity index (χ4v) is 2.32. The molecule has 0 aromatic carbocycles. The summed E-state index contributed by atoms with van der Waals surface area (Å²) in [5.41, 5.74) is -0.391. The zero-order chi connectivity index (χ0) is 13.1. The lowest BCUT2D eigenvalue weighted by atomic mass is 9.74. The Kier molecular flexibility index (Phi) is 5.37. The van der Waals surface area contributed by atoms with Crippen molar-refractivity contribution in [3.8, 4) is 0 Å². The van der Waals surface area contributed by atoms with Crippen LogP contribution in [-0.4, -0.2) is 11.6 Å². The molecule has 0 aliphatic heterocycles. The second-order valence-corrected chi connectivity index (χ2v) is 6.07. The Hall–Kier alpha value is -0.660. The van der Waals surface area contributed by atoms with Crippen molar-refractivity contribution in [2.45, 2.75) is 54.9 Å². The van der Waals surface area contributed by atoms with Gasteiger partial charge in [-0.25, -0.2) is 0 Å². The maximum absolute atomic E-state index is 12.0. The molecule has 2 heteroatoms. The zero-order valence-corrected chi connectivity index (χ0v) is 11.8. The van der Waals surface area contributed by atoms with E-state index in [1.807, 2.05) is 48.5 Å². The Morgan fingerprint density at radius 1 is 0.938 bits per heavy atom. The van der Waals surface area contributed by atoms with Gasteiger partial charge in [-0.15, -0.1) is 0 Å². The SMILES string of the molecule is CC(C)C(=O)C(C)CC(C)(C)C(=O)C(C)C. The van der Waals surface area contributed by atoms with Crippen LogP contribution < -0.4 is 0 Å². The zero-order valence-electron chi connectivity index (χ0n) is 11.8. The lowest BCUT2D eigenvalue weighted by Gasteiger charge is -2.28. The van der Waals surface area contributed by atoms with Gasteiger partial charge < -0.3 is 0 Å². The minimum absolute atomic E-state index is 0.0299. The van der Waals surface area contributed by atoms with Crippen LogP contribution in [0.4, 0.5) is 0 Å². The van der Waals surface area contributed by atoms with E-state index in [1.54, 1.807) is 0 Å². The molecule has 0 saturated carbocycles. The number of rotatable bonds is 6. The molecule has 1 atom stereocenters. The molecule has 94 valence electrons. The van der Waals surface area contributed by atoms with E-state index in [0.29, 0.717) is 6.42 Å². The van der Waals surface area contributed by atoms with Crippen molar-refractivity contribution in [1.82, 2.24) is 0 Å². The molecule has 0 saturated heterocycles. The first-order valence-corrected chi connectivity index (χ1v) is 6.17. The highest BCUT2D eigenvalue weighted by Crippen LogP contribution is 2.30. The van der Waals surface area contributed by atoms with E-state index in [4.69, 9.17) is 0 Å². The fourth-order valence-electron chi connectivity index (χ4n) is 2.32. The molecule has 0 bridgehead atoms. The Labute approximate surface area is 99.8 Å².